The molecule has 0 amide bonds. The summed E-state index contributed by atoms with van der Waals surface area (Å²) >= 11 is 1.70. The second-order valence-corrected chi connectivity index (χ2v) is 4.79. The van der Waals surface area contributed by atoms with Gasteiger partial charge in [-0.15, -0.1) is 0 Å². The first-order valence-corrected chi connectivity index (χ1v) is 5.37. The lowest BCUT2D eigenvalue weighted by molar-refractivity contribution is -0.329. The van der Waals surface area contributed by atoms with E-state index >= 15 is 0 Å². The molecule has 1 aliphatic rings. The van der Waals surface area contributed by atoms with E-state index < -0.39 is 28.5 Å². The Bertz CT molecular complexity index is 226. The van der Waals surface area contributed by atoms with Crippen LogP contribution in [0.25, 0.3) is 0 Å². The van der Waals surface area contributed by atoms with Gasteiger partial charge >= 0.3 is 12.4 Å². The molecular weight excluding hydrogens is 357 g/mol. The molecule has 16 heavy (non-hydrogen) atoms. The number of hydrogen-bond acceptors (Lipinski definition) is 2. The van der Waals surface area contributed by atoms with Gasteiger partial charge in [-0.1, -0.05) is 22.6 Å². The van der Waals surface area contributed by atoms with Crippen molar-refractivity contribution in [3.05, 3.63) is 0 Å². The lowest BCUT2D eigenvalue weighted by atomic mass is 10.3. The van der Waals surface area contributed by atoms with E-state index in [2.05, 4.69) is 4.74 Å². The van der Waals surface area contributed by atoms with E-state index in [0.717, 1.165) is 0 Å². The molecule has 0 aromatic carbocycles. The summed E-state index contributed by atoms with van der Waals surface area (Å²) in [6.07, 6.45) is -15.9. The monoisotopic (exact) mass is 364 g/mol. The van der Waals surface area contributed by atoms with Crippen molar-refractivity contribution in [3.63, 3.8) is 0 Å². The topological polar surface area (TPSA) is 18.5 Å². The van der Waals surface area contributed by atoms with Gasteiger partial charge in [-0.2, -0.15) is 26.3 Å². The van der Waals surface area contributed by atoms with E-state index in [1.165, 1.54) is 0 Å². The van der Waals surface area contributed by atoms with E-state index in [1.807, 2.05) is 0 Å². The third kappa shape index (κ3) is 3.62. The van der Waals surface area contributed by atoms with Crippen LogP contribution in [0, 0.1) is 0 Å². The minimum absolute atomic E-state index is 0.0909. The molecule has 96 valence electrons. The van der Waals surface area contributed by atoms with Gasteiger partial charge in [-0.25, -0.2) is 0 Å². The Morgan fingerprint density at radius 2 is 1.56 bits per heavy atom. The third-order valence-electron chi connectivity index (χ3n) is 1.87. The standard InChI is InChI=1S/C7H7F6IO2/c8-6(9,10)5(7(11,12)13)16-4-2-15-1-3(4)14/h3-5H,1-2H2. The normalized spacial score (nSPS) is 27.8. The maximum Gasteiger partial charge on any atom is 0.423 e. The second-order valence-electron chi connectivity index (χ2n) is 3.19. The Morgan fingerprint density at radius 1 is 1.06 bits per heavy atom. The van der Waals surface area contributed by atoms with Crippen LogP contribution in [0.3, 0.4) is 0 Å². The van der Waals surface area contributed by atoms with Crippen LogP contribution < -0.4 is 0 Å². The number of ether oxygens (including phenoxy) is 2. The van der Waals surface area contributed by atoms with Gasteiger partial charge in [0.1, 0.15) is 0 Å². The number of hydrogen-bond donors (Lipinski definition) is 0. The second kappa shape index (κ2) is 4.84. The van der Waals surface area contributed by atoms with E-state index in [-0.39, 0.29) is 13.2 Å². The fourth-order valence-electron chi connectivity index (χ4n) is 1.15. The lowest BCUT2D eigenvalue weighted by Gasteiger charge is -2.26. The van der Waals surface area contributed by atoms with Crippen LogP contribution in [0.2, 0.25) is 0 Å². The molecule has 0 N–H and O–H groups in total. The van der Waals surface area contributed by atoms with Crippen LogP contribution in [-0.4, -0.2) is 41.7 Å². The van der Waals surface area contributed by atoms with Crippen LogP contribution in [0.1, 0.15) is 0 Å². The molecule has 0 saturated carbocycles. The smallest absolute Gasteiger partial charge is 0.378 e. The van der Waals surface area contributed by atoms with Crippen LogP contribution in [0.4, 0.5) is 26.3 Å². The Hall–Kier alpha value is 0.230. The van der Waals surface area contributed by atoms with Crippen molar-refractivity contribution in [2.45, 2.75) is 28.5 Å². The van der Waals surface area contributed by atoms with Gasteiger partial charge in [0.15, 0.2) is 0 Å². The van der Waals surface area contributed by atoms with Gasteiger partial charge < -0.3 is 9.47 Å². The van der Waals surface area contributed by atoms with Gasteiger partial charge in [0.25, 0.3) is 0 Å². The summed E-state index contributed by atoms with van der Waals surface area (Å²) < 4.78 is 80.9. The molecular formula is C7H7F6IO2. The average molecular weight is 364 g/mol. The van der Waals surface area contributed by atoms with E-state index in [4.69, 9.17) is 4.74 Å². The summed E-state index contributed by atoms with van der Waals surface area (Å²) in [6.45, 7) is -0.163. The summed E-state index contributed by atoms with van der Waals surface area (Å²) in [6, 6.07) is 0. The van der Waals surface area contributed by atoms with Crippen LogP contribution in [0.5, 0.6) is 0 Å². The van der Waals surface area contributed by atoms with E-state index in [9.17, 15) is 26.3 Å². The largest absolute Gasteiger partial charge is 0.423 e. The number of alkyl halides is 7. The molecule has 2 unspecified atom stereocenters. The first-order valence-electron chi connectivity index (χ1n) is 4.13. The van der Waals surface area contributed by atoms with Crippen LogP contribution in [0.15, 0.2) is 0 Å². The van der Waals surface area contributed by atoms with Crippen molar-refractivity contribution in [1.82, 2.24) is 0 Å². The van der Waals surface area contributed by atoms with Crippen molar-refractivity contribution in [2.75, 3.05) is 13.2 Å². The molecule has 1 saturated heterocycles. The third-order valence-corrected chi connectivity index (χ3v) is 3.03. The summed E-state index contributed by atoms with van der Waals surface area (Å²) in [5, 5.41) is 0. The molecule has 1 aliphatic heterocycles. The molecule has 1 fully saturated rings. The maximum absolute atomic E-state index is 12.1. The Labute approximate surface area is 100 Å². The van der Waals surface area contributed by atoms with E-state index in [0.29, 0.717) is 0 Å². The number of halogens is 7. The zero-order valence-corrected chi connectivity index (χ0v) is 9.77. The van der Waals surface area contributed by atoms with Gasteiger partial charge in [-0.05, 0) is 0 Å². The highest BCUT2D eigenvalue weighted by molar-refractivity contribution is 14.1. The molecule has 0 radical (unpaired) electrons. The zero-order chi connectivity index (χ0) is 12.6. The highest BCUT2D eigenvalue weighted by Gasteiger charge is 2.59. The number of rotatable bonds is 2. The van der Waals surface area contributed by atoms with Crippen molar-refractivity contribution in [2.24, 2.45) is 0 Å². The van der Waals surface area contributed by atoms with Gasteiger partial charge in [0.05, 0.1) is 23.2 Å². The Kier molecular flexibility index (Phi) is 4.33. The lowest BCUT2D eigenvalue weighted by Crippen LogP contribution is -2.47. The fraction of sp³-hybridized carbons (Fsp3) is 1.00. The molecule has 2 nitrogen and oxygen atoms in total. The fourth-order valence-corrected chi connectivity index (χ4v) is 1.78. The molecule has 0 bridgehead atoms. The van der Waals surface area contributed by atoms with Crippen molar-refractivity contribution in [3.8, 4) is 0 Å². The summed E-state index contributed by atoms with van der Waals surface area (Å²) in [4.78, 5) is 0. The van der Waals surface area contributed by atoms with Crippen molar-refractivity contribution in [1.29, 1.82) is 0 Å². The Balaban J connectivity index is 2.72. The van der Waals surface area contributed by atoms with Crippen LogP contribution in [-0.2, 0) is 9.47 Å². The van der Waals surface area contributed by atoms with E-state index in [1.54, 1.807) is 22.6 Å². The minimum Gasteiger partial charge on any atom is -0.378 e. The molecule has 0 aromatic heterocycles. The zero-order valence-electron chi connectivity index (χ0n) is 7.61. The average Bonchev–Trinajstić information content (AvgIpc) is 2.42. The van der Waals surface area contributed by atoms with Crippen LogP contribution >= 0.6 is 22.6 Å². The molecule has 2 atom stereocenters. The minimum atomic E-state index is -5.46. The van der Waals surface area contributed by atoms with Gasteiger partial charge in [0.2, 0.25) is 6.10 Å². The molecule has 0 spiro atoms. The molecule has 0 aliphatic carbocycles. The summed E-state index contributed by atoms with van der Waals surface area (Å²) in [5.74, 6) is 0. The van der Waals surface area contributed by atoms with Gasteiger partial charge in [-0.3, -0.25) is 0 Å². The maximum atomic E-state index is 12.1. The first kappa shape index (κ1) is 14.3. The molecule has 1 heterocycles. The molecule has 9 heteroatoms. The molecule has 1 rings (SSSR count). The summed E-state index contributed by atoms with van der Waals surface area (Å²) in [5.41, 5.74) is 0. The highest BCUT2D eigenvalue weighted by atomic mass is 127. The quantitative estimate of drug-likeness (QED) is 0.426. The predicted molar refractivity (Wildman–Crippen MR) is 49.4 cm³/mol. The van der Waals surface area contributed by atoms with Gasteiger partial charge in [0, 0.05) is 0 Å². The predicted octanol–water partition coefficient (Wildman–Crippen LogP) is 2.70. The molecule has 0 aromatic rings. The highest BCUT2D eigenvalue weighted by Crippen LogP contribution is 2.37. The van der Waals surface area contributed by atoms with Crippen molar-refractivity contribution < 1.29 is 35.8 Å². The Morgan fingerprint density at radius 3 is 1.88 bits per heavy atom. The SMILES string of the molecule is FC(F)(F)C(OC1COCC1I)C(F)(F)F. The van der Waals surface area contributed by atoms with Crippen molar-refractivity contribution >= 4 is 22.6 Å². The first-order chi connectivity index (χ1) is 7.12. The summed E-state index contributed by atoms with van der Waals surface area (Å²) in [7, 11) is 0.